The summed E-state index contributed by atoms with van der Waals surface area (Å²) in [6, 6.07) is 16.5. The summed E-state index contributed by atoms with van der Waals surface area (Å²) < 4.78 is 7.85. The van der Waals surface area contributed by atoms with Gasteiger partial charge in [-0.3, -0.25) is 0 Å². The van der Waals surface area contributed by atoms with Gasteiger partial charge in [0.15, 0.2) is 0 Å². The molecule has 20 heavy (non-hydrogen) atoms. The van der Waals surface area contributed by atoms with E-state index in [2.05, 4.69) is 62.3 Å². The van der Waals surface area contributed by atoms with Crippen molar-refractivity contribution in [3.05, 3.63) is 63.0 Å². The van der Waals surface area contributed by atoms with E-state index in [1.54, 1.807) is 0 Å². The minimum Gasteiger partial charge on any atom is -0.492 e. The topological polar surface area (TPSA) is 21.3 Å². The Kier molecular flexibility index (Phi) is 6.07. The van der Waals surface area contributed by atoms with E-state index in [4.69, 9.17) is 4.74 Å². The van der Waals surface area contributed by atoms with E-state index in [1.165, 1.54) is 5.56 Å². The molecule has 0 saturated carbocycles. The number of hydrogen-bond donors (Lipinski definition) is 1. The third kappa shape index (κ3) is 4.93. The summed E-state index contributed by atoms with van der Waals surface area (Å²) in [5.74, 6) is 0.894. The van der Waals surface area contributed by atoms with Gasteiger partial charge in [-0.15, -0.1) is 0 Å². The van der Waals surface area contributed by atoms with Crippen LogP contribution in [0.3, 0.4) is 0 Å². The molecule has 0 aliphatic rings. The largest absolute Gasteiger partial charge is 0.492 e. The molecule has 2 aromatic rings. The highest BCUT2D eigenvalue weighted by atomic mass is 79.9. The van der Waals surface area contributed by atoms with E-state index >= 15 is 0 Å². The van der Waals surface area contributed by atoms with Gasteiger partial charge in [-0.2, -0.15) is 0 Å². The molecule has 0 fully saturated rings. The molecule has 0 spiro atoms. The van der Waals surface area contributed by atoms with Gasteiger partial charge < -0.3 is 10.1 Å². The van der Waals surface area contributed by atoms with Crippen LogP contribution in [0.4, 0.5) is 0 Å². The Morgan fingerprint density at radius 2 is 1.80 bits per heavy atom. The first-order valence-corrected chi connectivity index (χ1v) is 8.11. The molecule has 0 saturated heterocycles. The average Bonchev–Trinajstić information content (AvgIpc) is 2.45. The summed E-state index contributed by atoms with van der Waals surface area (Å²) >= 11 is 6.90. The molecule has 0 unspecified atom stereocenters. The lowest BCUT2D eigenvalue weighted by molar-refractivity contribution is 0.307. The van der Waals surface area contributed by atoms with Crippen LogP contribution in [0, 0.1) is 0 Å². The third-order valence-electron chi connectivity index (χ3n) is 2.98. The van der Waals surface area contributed by atoms with Crippen molar-refractivity contribution < 1.29 is 4.74 Å². The Balaban J connectivity index is 1.74. The third-order valence-corrected chi connectivity index (χ3v) is 4.01. The van der Waals surface area contributed by atoms with E-state index in [1.807, 2.05) is 30.3 Å². The fourth-order valence-electron chi connectivity index (χ4n) is 1.87. The lowest BCUT2D eigenvalue weighted by Crippen LogP contribution is -2.24. The first kappa shape index (κ1) is 15.5. The average molecular weight is 399 g/mol. The second kappa shape index (κ2) is 7.81. The fourth-order valence-corrected chi connectivity index (χ4v) is 2.55. The molecular weight excluding hydrogens is 382 g/mol. The van der Waals surface area contributed by atoms with Crippen LogP contribution in [0.2, 0.25) is 0 Å². The Morgan fingerprint density at radius 3 is 2.50 bits per heavy atom. The van der Waals surface area contributed by atoms with Crippen LogP contribution in [-0.4, -0.2) is 13.2 Å². The summed E-state index contributed by atoms with van der Waals surface area (Å²) in [6.07, 6.45) is 0. The molecule has 2 nitrogen and oxygen atoms in total. The van der Waals surface area contributed by atoms with Crippen LogP contribution in [0.5, 0.6) is 5.75 Å². The van der Waals surface area contributed by atoms with E-state index in [9.17, 15) is 0 Å². The minimum absolute atomic E-state index is 0.306. The highest BCUT2D eigenvalue weighted by Crippen LogP contribution is 2.18. The number of benzene rings is 2. The fraction of sp³-hybridized carbons (Fsp3) is 0.250. The minimum atomic E-state index is 0.306. The SMILES string of the molecule is C[C@@H](NCCOc1ccc(Br)cc1)c1cccc(Br)c1. The Morgan fingerprint density at radius 1 is 1.05 bits per heavy atom. The maximum atomic E-state index is 5.68. The predicted molar refractivity (Wildman–Crippen MR) is 90.2 cm³/mol. The van der Waals surface area contributed by atoms with Gasteiger partial charge >= 0.3 is 0 Å². The maximum Gasteiger partial charge on any atom is 0.119 e. The number of ether oxygens (including phenoxy) is 1. The van der Waals surface area contributed by atoms with Crippen molar-refractivity contribution in [3.8, 4) is 5.75 Å². The molecule has 0 aliphatic carbocycles. The zero-order chi connectivity index (χ0) is 14.4. The molecule has 0 aromatic heterocycles. The van der Waals surface area contributed by atoms with Crippen LogP contribution < -0.4 is 10.1 Å². The molecule has 0 heterocycles. The van der Waals surface area contributed by atoms with Crippen LogP contribution in [-0.2, 0) is 0 Å². The second-order valence-electron chi connectivity index (χ2n) is 4.53. The molecule has 2 rings (SSSR count). The highest BCUT2D eigenvalue weighted by Gasteiger charge is 2.04. The molecule has 0 aliphatic heterocycles. The van der Waals surface area contributed by atoms with Crippen molar-refractivity contribution in [1.29, 1.82) is 0 Å². The lowest BCUT2D eigenvalue weighted by Gasteiger charge is -2.15. The summed E-state index contributed by atoms with van der Waals surface area (Å²) in [4.78, 5) is 0. The molecule has 0 bridgehead atoms. The van der Waals surface area contributed by atoms with E-state index < -0.39 is 0 Å². The Labute approximate surface area is 136 Å². The smallest absolute Gasteiger partial charge is 0.119 e. The van der Waals surface area contributed by atoms with Crippen molar-refractivity contribution in [2.75, 3.05) is 13.2 Å². The summed E-state index contributed by atoms with van der Waals surface area (Å²) in [6.45, 7) is 3.62. The van der Waals surface area contributed by atoms with E-state index in [0.717, 1.165) is 21.2 Å². The van der Waals surface area contributed by atoms with Crippen molar-refractivity contribution in [2.45, 2.75) is 13.0 Å². The van der Waals surface area contributed by atoms with Crippen LogP contribution >= 0.6 is 31.9 Å². The number of nitrogens with one attached hydrogen (secondary N) is 1. The Bertz CT molecular complexity index is 542. The molecule has 4 heteroatoms. The number of hydrogen-bond acceptors (Lipinski definition) is 2. The second-order valence-corrected chi connectivity index (χ2v) is 6.36. The molecule has 1 atom stereocenters. The number of halogens is 2. The van der Waals surface area contributed by atoms with Gasteiger partial charge in [-0.05, 0) is 48.9 Å². The van der Waals surface area contributed by atoms with Crippen molar-refractivity contribution >= 4 is 31.9 Å². The molecular formula is C16H17Br2NO. The standard InChI is InChI=1S/C16H17Br2NO/c1-12(13-3-2-4-15(18)11-13)19-9-10-20-16-7-5-14(17)6-8-16/h2-8,11-12,19H,9-10H2,1H3/t12-/m1/s1. The van der Waals surface area contributed by atoms with Gasteiger partial charge in [0.2, 0.25) is 0 Å². The van der Waals surface area contributed by atoms with Gasteiger partial charge in [0, 0.05) is 21.5 Å². The highest BCUT2D eigenvalue weighted by molar-refractivity contribution is 9.10. The van der Waals surface area contributed by atoms with Gasteiger partial charge in [0.05, 0.1) is 0 Å². The van der Waals surface area contributed by atoms with E-state index in [0.29, 0.717) is 12.6 Å². The molecule has 1 N–H and O–H groups in total. The Hall–Kier alpha value is -0.840. The predicted octanol–water partition coefficient (Wildman–Crippen LogP) is 4.94. The molecule has 0 amide bonds. The van der Waals surface area contributed by atoms with E-state index in [-0.39, 0.29) is 0 Å². The normalized spacial score (nSPS) is 12.2. The van der Waals surface area contributed by atoms with Crippen molar-refractivity contribution in [2.24, 2.45) is 0 Å². The quantitative estimate of drug-likeness (QED) is 0.695. The maximum absolute atomic E-state index is 5.68. The zero-order valence-corrected chi connectivity index (χ0v) is 14.4. The van der Waals surface area contributed by atoms with Crippen LogP contribution in [0.1, 0.15) is 18.5 Å². The van der Waals surface area contributed by atoms with Gasteiger partial charge in [0.25, 0.3) is 0 Å². The molecule has 106 valence electrons. The first-order valence-electron chi connectivity index (χ1n) is 6.52. The van der Waals surface area contributed by atoms with Gasteiger partial charge in [-0.25, -0.2) is 0 Å². The van der Waals surface area contributed by atoms with Gasteiger partial charge in [0.1, 0.15) is 12.4 Å². The van der Waals surface area contributed by atoms with Crippen LogP contribution in [0.15, 0.2) is 57.5 Å². The number of rotatable bonds is 6. The molecule has 0 radical (unpaired) electrons. The monoisotopic (exact) mass is 397 g/mol. The first-order chi connectivity index (χ1) is 9.65. The summed E-state index contributed by atoms with van der Waals surface area (Å²) in [7, 11) is 0. The summed E-state index contributed by atoms with van der Waals surface area (Å²) in [5, 5.41) is 3.45. The van der Waals surface area contributed by atoms with Crippen LogP contribution in [0.25, 0.3) is 0 Å². The van der Waals surface area contributed by atoms with Gasteiger partial charge in [-0.1, -0.05) is 44.0 Å². The zero-order valence-electron chi connectivity index (χ0n) is 11.3. The summed E-state index contributed by atoms with van der Waals surface area (Å²) in [5.41, 5.74) is 1.27. The van der Waals surface area contributed by atoms with Crippen molar-refractivity contribution in [1.82, 2.24) is 5.32 Å². The molecule has 2 aromatic carbocycles. The van der Waals surface area contributed by atoms with Crippen molar-refractivity contribution in [3.63, 3.8) is 0 Å². The lowest BCUT2D eigenvalue weighted by atomic mass is 10.1.